The van der Waals surface area contributed by atoms with Crippen molar-refractivity contribution in [1.29, 1.82) is 0 Å². The molecule has 0 radical (unpaired) electrons. The SMILES string of the molecule is CC(N)(c1noc(C(F)(F)F)n1)C1CCCC1. The first kappa shape index (κ1) is 12.3. The van der Waals surface area contributed by atoms with Crippen LogP contribution in [-0.2, 0) is 11.7 Å². The number of alkyl halides is 3. The molecule has 0 bridgehead atoms. The Morgan fingerprint density at radius 1 is 1.29 bits per heavy atom. The first-order valence-electron chi connectivity index (χ1n) is 5.52. The first-order valence-corrected chi connectivity index (χ1v) is 5.52. The van der Waals surface area contributed by atoms with E-state index in [2.05, 4.69) is 14.7 Å². The third-order valence-electron chi connectivity index (χ3n) is 3.35. The van der Waals surface area contributed by atoms with Crippen molar-refractivity contribution >= 4 is 0 Å². The molecule has 1 heterocycles. The Hall–Kier alpha value is -1.11. The molecule has 2 rings (SSSR count). The van der Waals surface area contributed by atoms with E-state index in [1.54, 1.807) is 6.92 Å². The van der Waals surface area contributed by atoms with Gasteiger partial charge in [-0.25, -0.2) is 0 Å². The quantitative estimate of drug-likeness (QED) is 0.874. The highest BCUT2D eigenvalue weighted by molar-refractivity contribution is 5.06. The van der Waals surface area contributed by atoms with Crippen LogP contribution in [0.15, 0.2) is 4.52 Å². The van der Waals surface area contributed by atoms with Crippen LogP contribution in [0.4, 0.5) is 13.2 Å². The Morgan fingerprint density at radius 2 is 1.88 bits per heavy atom. The highest BCUT2D eigenvalue weighted by Gasteiger charge is 2.43. The number of hydrogen-bond acceptors (Lipinski definition) is 4. The van der Waals surface area contributed by atoms with Crippen LogP contribution in [0.3, 0.4) is 0 Å². The second kappa shape index (κ2) is 3.97. The number of hydrogen-bond donors (Lipinski definition) is 1. The summed E-state index contributed by atoms with van der Waals surface area (Å²) in [6, 6.07) is 0. The lowest BCUT2D eigenvalue weighted by molar-refractivity contribution is -0.159. The third kappa shape index (κ3) is 2.29. The summed E-state index contributed by atoms with van der Waals surface area (Å²) in [6.07, 6.45) is -0.744. The van der Waals surface area contributed by atoms with Gasteiger partial charge in [0.05, 0.1) is 5.54 Å². The van der Waals surface area contributed by atoms with E-state index in [4.69, 9.17) is 5.73 Å². The van der Waals surface area contributed by atoms with E-state index in [1.807, 2.05) is 0 Å². The number of rotatable bonds is 2. The van der Waals surface area contributed by atoms with Crippen LogP contribution >= 0.6 is 0 Å². The van der Waals surface area contributed by atoms with Crippen molar-refractivity contribution in [3.8, 4) is 0 Å². The first-order chi connectivity index (χ1) is 7.82. The molecule has 17 heavy (non-hydrogen) atoms. The van der Waals surface area contributed by atoms with Crippen LogP contribution in [0.1, 0.15) is 44.3 Å². The molecule has 1 aliphatic carbocycles. The van der Waals surface area contributed by atoms with Crippen molar-refractivity contribution in [1.82, 2.24) is 10.1 Å². The zero-order valence-corrected chi connectivity index (χ0v) is 9.42. The zero-order chi connectivity index (χ0) is 12.7. The third-order valence-corrected chi connectivity index (χ3v) is 3.35. The Morgan fingerprint density at radius 3 is 2.35 bits per heavy atom. The largest absolute Gasteiger partial charge is 0.471 e. The molecule has 0 saturated heterocycles. The summed E-state index contributed by atoms with van der Waals surface area (Å²) in [5, 5.41) is 3.37. The monoisotopic (exact) mass is 249 g/mol. The molecule has 0 spiro atoms. The van der Waals surface area contributed by atoms with Crippen LogP contribution in [0.5, 0.6) is 0 Å². The molecule has 1 unspecified atom stereocenters. The summed E-state index contributed by atoms with van der Waals surface area (Å²) in [6.45, 7) is 1.66. The fraction of sp³-hybridized carbons (Fsp3) is 0.800. The van der Waals surface area contributed by atoms with Gasteiger partial charge in [-0.15, -0.1) is 0 Å². The number of aromatic nitrogens is 2. The molecule has 7 heteroatoms. The Kier molecular flexibility index (Phi) is 2.89. The maximum Gasteiger partial charge on any atom is 0.471 e. The molecule has 0 aromatic carbocycles. The van der Waals surface area contributed by atoms with Crippen molar-refractivity contribution in [2.24, 2.45) is 11.7 Å². The van der Waals surface area contributed by atoms with E-state index in [0.717, 1.165) is 25.7 Å². The van der Waals surface area contributed by atoms with Crippen LogP contribution in [0.25, 0.3) is 0 Å². The summed E-state index contributed by atoms with van der Waals surface area (Å²) in [5.74, 6) is -1.28. The molecule has 1 aromatic rings. The predicted octanol–water partition coefficient (Wildman–Crippen LogP) is 2.45. The average molecular weight is 249 g/mol. The van der Waals surface area contributed by atoms with Crippen LogP contribution in [-0.4, -0.2) is 10.1 Å². The molecule has 4 nitrogen and oxygen atoms in total. The Balaban J connectivity index is 2.24. The lowest BCUT2D eigenvalue weighted by Crippen LogP contribution is -2.41. The van der Waals surface area contributed by atoms with E-state index in [9.17, 15) is 13.2 Å². The van der Waals surface area contributed by atoms with Gasteiger partial charge < -0.3 is 10.3 Å². The van der Waals surface area contributed by atoms with E-state index in [1.165, 1.54) is 0 Å². The van der Waals surface area contributed by atoms with E-state index >= 15 is 0 Å². The molecule has 1 atom stereocenters. The van der Waals surface area contributed by atoms with Crippen LogP contribution in [0.2, 0.25) is 0 Å². The number of nitrogens with two attached hydrogens (primary N) is 1. The summed E-state index contributed by atoms with van der Waals surface area (Å²) in [5.41, 5.74) is 5.09. The van der Waals surface area contributed by atoms with Crippen LogP contribution < -0.4 is 5.73 Å². The van der Waals surface area contributed by atoms with Gasteiger partial charge in [0.1, 0.15) is 0 Å². The molecule has 0 amide bonds. The molecule has 1 saturated carbocycles. The number of nitrogens with zero attached hydrogens (tertiary/aromatic N) is 2. The predicted molar refractivity (Wildman–Crippen MR) is 52.8 cm³/mol. The maximum absolute atomic E-state index is 12.3. The Bertz CT molecular complexity index is 394. The highest BCUT2D eigenvalue weighted by Crippen LogP contribution is 2.38. The summed E-state index contributed by atoms with van der Waals surface area (Å²) >= 11 is 0. The van der Waals surface area contributed by atoms with Crippen molar-refractivity contribution in [2.45, 2.75) is 44.3 Å². The smallest absolute Gasteiger partial charge is 0.329 e. The minimum absolute atomic E-state index is 0.0586. The van der Waals surface area contributed by atoms with Gasteiger partial charge in [-0.05, 0) is 25.7 Å². The lowest BCUT2D eigenvalue weighted by atomic mass is 9.84. The molecule has 1 aromatic heterocycles. The molecule has 0 aliphatic heterocycles. The van der Waals surface area contributed by atoms with E-state index in [0.29, 0.717) is 0 Å². The van der Waals surface area contributed by atoms with Gasteiger partial charge >= 0.3 is 12.1 Å². The van der Waals surface area contributed by atoms with Crippen molar-refractivity contribution < 1.29 is 17.7 Å². The zero-order valence-electron chi connectivity index (χ0n) is 9.42. The maximum atomic E-state index is 12.3. The average Bonchev–Trinajstić information content (AvgIpc) is 2.89. The van der Waals surface area contributed by atoms with Gasteiger partial charge in [-0.3, -0.25) is 0 Å². The van der Waals surface area contributed by atoms with Gasteiger partial charge in [-0.2, -0.15) is 18.2 Å². The van der Waals surface area contributed by atoms with Crippen LogP contribution in [0, 0.1) is 5.92 Å². The van der Waals surface area contributed by atoms with Crippen molar-refractivity contribution in [2.75, 3.05) is 0 Å². The molecule has 1 fully saturated rings. The minimum Gasteiger partial charge on any atom is -0.329 e. The fourth-order valence-corrected chi connectivity index (χ4v) is 2.27. The lowest BCUT2D eigenvalue weighted by Gasteiger charge is -2.27. The van der Waals surface area contributed by atoms with Gasteiger partial charge in [0, 0.05) is 0 Å². The van der Waals surface area contributed by atoms with Gasteiger partial charge in [0.25, 0.3) is 0 Å². The second-order valence-corrected chi connectivity index (χ2v) is 4.68. The summed E-state index contributed by atoms with van der Waals surface area (Å²) < 4.78 is 41.2. The topological polar surface area (TPSA) is 64.9 Å². The molecule has 96 valence electrons. The second-order valence-electron chi connectivity index (χ2n) is 4.68. The van der Waals surface area contributed by atoms with Gasteiger partial charge in [-0.1, -0.05) is 18.0 Å². The molecule has 1 aliphatic rings. The highest BCUT2D eigenvalue weighted by atomic mass is 19.4. The van der Waals surface area contributed by atoms with E-state index < -0.39 is 17.6 Å². The normalized spacial score (nSPS) is 21.7. The number of halogens is 3. The summed E-state index contributed by atoms with van der Waals surface area (Å²) in [4.78, 5) is 3.37. The van der Waals surface area contributed by atoms with Crippen molar-refractivity contribution in [3.63, 3.8) is 0 Å². The van der Waals surface area contributed by atoms with E-state index in [-0.39, 0.29) is 11.7 Å². The summed E-state index contributed by atoms with van der Waals surface area (Å²) in [7, 11) is 0. The minimum atomic E-state index is -4.61. The molecular weight excluding hydrogens is 235 g/mol. The van der Waals surface area contributed by atoms with Crippen molar-refractivity contribution in [3.05, 3.63) is 11.7 Å². The molecular formula is C10H14F3N3O. The van der Waals surface area contributed by atoms with Gasteiger partial charge in [0.2, 0.25) is 0 Å². The Labute approximate surface area is 96.4 Å². The van der Waals surface area contributed by atoms with Gasteiger partial charge in [0.15, 0.2) is 5.82 Å². The molecule has 2 N–H and O–H groups in total. The fourth-order valence-electron chi connectivity index (χ4n) is 2.27. The standard InChI is InChI=1S/C10H14F3N3O/c1-9(14,6-4-2-3-5-6)7-15-8(17-16-7)10(11,12)13/h6H,2-5,14H2,1H3.